The zero-order chi connectivity index (χ0) is 17.1. The van der Waals surface area contributed by atoms with Gasteiger partial charge in [0.25, 0.3) is 0 Å². The standard InChI is InChI=1S/C18H19ClN4S/c1-4-6-15-22-16(12-7-5-8-13(11-12)23(2)3)17(24-15)14-9-10-20-18(19)21-14/h5,7-11H,4,6H2,1-3H3. The maximum absolute atomic E-state index is 5.98. The molecule has 3 aromatic rings. The van der Waals surface area contributed by atoms with Gasteiger partial charge in [0.2, 0.25) is 5.28 Å². The van der Waals surface area contributed by atoms with E-state index in [1.54, 1.807) is 17.5 Å². The van der Waals surface area contributed by atoms with Crippen LogP contribution < -0.4 is 4.90 Å². The van der Waals surface area contributed by atoms with Crippen molar-refractivity contribution in [2.75, 3.05) is 19.0 Å². The van der Waals surface area contributed by atoms with Crippen LogP contribution in [0.2, 0.25) is 5.28 Å². The van der Waals surface area contributed by atoms with Crippen molar-refractivity contribution in [1.82, 2.24) is 15.0 Å². The van der Waals surface area contributed by atoms with Crippen LogP contribution in [-0.2, 0) is 6.42 Å². The first-order chi connectivity index (χ1) is 11.6. The van der Waals surface area contributed by atoms with E-state index in [9.17, 15) is 0 Å². The summed E-state index contributed by atoms with van der Waals surface area (Å²) in [6.45, 7) is 2.16. The average molecular weight is 359 g/mol. The van der Waals surface area contributed by atoms with E-state index in [0.717, 1.165) is 45.4 Å². The van der Waals surface area contributed by atoms with E-state index in [4.69, 9.17) is 16.6 Å². The van der Waals surface area contributed by atoms with Gasteiger partial charge in [0.15, 0.2) is 0 Å². The highest BCUT2D eigenvalue weighted by molar-refractivity contribution is 7.15. The lowest BCUT2D eigenvalue weighted by Gasteiger charge is -2.13. The van der Waals surface area contributed by atoms with Crippen molar-refractivity contribution in [3.05, 3.63) is 46.8 Å². The Morgan fingerprint density at radius 2 is 2.00 bits per heavy atom. The molecule has 4 nitrogen and oxygen atoms in total. The van der Waals surface area contributed by atoms with Gasteiger partial charge < -0.3 is 4.90 Å². The first-order valence-electron chi connectivity index (χ1n) is 7.85. The van der Waals surface area contributed by atoms with Crippen LogP contribution in [0.3, 0.4) is 0 Å². The van der Waals surface area contributed by atoms with Gasteiger partial charge in [-0.05, 0) is 42.6 Å². The highest BCUT2D eigenvalue weighted by atomic mass is 35.5. The average Bonchev–Trinajstić information content (AvgIpc) is 2.99. The van der Waals surface area contributed by atoms with E-state index >= 15 is 0 Å². The first-order valence-corrected chi connectivity index (χ1v) is 9.04. The van der Waals surface area contributed by atoms with E-state index in [2.05, 4.69) is 46.1 Å². The van der Waals surface area contributed by atoms with Crippen molar-refractivity contribution in [2.45, 2.75) is 19.8 Å². The molecule has 0 atom stereocenters. The van der Waals surface area contributed by atoms with E-state index in [1.807, 2.05) is 20.2 Å². The van der Waals surface area contributed by atoms with E-state index in [-0.39, 0.29) is 5.28 Å². The van der Waals surface area contributed by atoms with Crippen LogP contribution in [0.5, 0.6) is 0 Å². The molecule has 2 heterocycles. The summed E-state index contributed by atoms with van der Waals surface area (Å²) in [5, 5.41) is 1.37. The molecule has 2 aromatic heterocycles. The molecule has 6 heteroatoms. The summed E-state index contributed by atoms with van der Waals surface area (Å²) in [5.74, 6) is 0. The zero-order valence-electron chi connectivity index (χ0n) is 14.0. The number of aromatic nitrogens is 3. The first kappa shape index (κ1) is 16.9. The van der Waals surface area contributed by atoms with Crippen molar-refractivity contribution < 1.29 is 0 Å². The quantitative estimate of drug-likeness (QED) is 0.606. The summed E-state index contributed by atoms with van der Waals surface area (Å²) >= 11 is 7.66. The van der Waals surface area contributed by atoms with Crippen molar-refractivity contribution in [3.8, 4) is 21.8 Å². The Labute approximate surface area is 151 Å². The summed E-state index contributed by atoms with van der Waals surface area (Å²) in [7, 11) is 4.07. The van der Waals surface area contributed by atoms with Gasteiger partial charge in [0.05, 0.1) is 21.3 Å². The van der Waals surface area contributed by atoms with Crippen LogP contribution in [0.25, 0.3) is 21.8 Å². The number of anilines is 1. The lowest BCUT2D eigenvalue weighted by Crippen LogP contribution is -2.08. The minimum Gasteiger partial charge on any atom is -0.378 e. The van der Waals surface area contributed by atoms with Crippen LogP contribution in [0.4, 0.5) is 5.69 Å². The minimum absolute atomic E-state index is 0.255. The molecule has 0 aliphatic heterocycles. The number of rotatable bonds is 5. The Bertz CT molecular complexity index is 845. The predicted octanol–water partition coefficient (Wildman–Crippen LogP) is 4.94. The molecule has 1 aromatic carbocycles. The predicted molar refractivity (Wildman–Crippen MR) is 102 cm³/mol. The van der Waals surface area contributed by atoms with Gasteiger partial charge in [-0.2, -0.15) is 0 Å². The summed E-state index contributed by atoms with van der Waals surface area (Å²) in [5.41, 5.74) is 4.01. The molecular weight excluding hydrogens is 340 g/mol. The highest BCUT2D eigenvalue weighted by Crippen LogP contribution is 2.37. The molecule has 0 unspecified atom stereocenters. The second kappa shape index (κ2) is 7.28. The number of hydrogen-bond acceptors (Lipinski definition) is 5. The smallest absolute Gasteiger partial charge is 0.222 e. The SMILES string of the molecule is CCCc1nc(-c2cccc(N(C)C)c2)c(-c2ccnc(Cl)n2)s1. The number of nitrogens with zero attached hydrogens (tertiary/aromatic N) is 4. The Hall–Kier alpha value is -1.98. The second-order valence-electron chi connectivity index (χ2n) is 5.69. The molecule has 0 aliphatic rings. The molecule has 0 bridgehead atoms. The van der Waals surface area contributed by atoms with Crippen molar-refractivity contribution in [3.63, 3.8) is 0 Å². The summed E-state index contributed by atoms with van der Waals surface area (Å²) in [6.07, 6.45) is 3.71. The summed E-state index contributed by atoms with van der Waals surface area (Å²) in [4.78, 5) is 16.4. The van der Waals surface area contributed by atoms with Crippen LogP contribution >= 0.6 is 22.9 Å². The maximum atomic E-state index is 5.98. The van der Waals surface area contributed by atoms with Gasteiger partial charge in [0, 0.05) is 31.5 Å². The lowest BCUT2D eigenvalue weighted by atomic mass is 10.1. The zero-order valence-corrected chi connectivity index (χ0v) is 15.5. The van der Waals surface area contributed by atoms with Crippen LogP contribution in [0, 0.1) is 0 Å². The van der Waals surface area contributed by atoms with E-state index in [1.165, 1.54) is 0 Å². The van der Waals surface area contributed by atoms with Gasteiger partial charge in [0.1, 0.15) is 0 Å². The molecule has 3 rings (SSSR count). The number of halogens is 1. The molecule has 0 radical (unpaired) electrons. The molecule has 0 N–H and O–H groups in total. The number of aryl methyl sites for hydroxylation is 1. The third kappa shape index (κ3) is 3.57. The topological polar surface area (TPSA) is 41.9 Å². The van der Waals surface area contributed by atoms with Crippen LogP contribution in [-0.4, -0.2) is 29.0 Å². The normalized spacial score (nSPS) is 10.8. The van der Waals surface area contributed by atoms with Crippen molar-refractivity contribution >= 4 is 28.6 Å². The van der Waals surface area contributed by atoms with Gasteiger partial charge >= 0.3 is 0 Å². The minimum atomic E-state index is 0.255. The Balaban J connectivity index is 2.14. The van der Waals surface area contributed by atoms with E-state index < -0.39 is 0 Å². The third-order valence-corrected chi connectivity index (χ3v) is 4.95. The molecule has 0 saturated carbocycles. The Kier molecular flexibility index (Phi) is 5.11. The Morgan fingerprint density at radius 1 is 1.17 bits per heavy atom. The van der Waals surface area contributed by atoms with Gasteiger partial charge in [-0.3, -0.25) is 0 Å². The maximum Gasteiger partial charge on any atom is 0.222 e. The summed E-state index contributed by atoms with van der Waals surface area (Å²) in [6, 6.07) is 10.3. The van der Waals surface area contributed by atoms with Gasteiger partial charge in [-0.25, -0.2) is 15.0 Å². The van der Waals surface area contributed by atoms with E-state index in [0.29, 0.717) is 0 Å². The molecule has 0 fully saturated rings. The fourth-order valence-electron chi connectivity index (χ4n) is 2.45. The molecule has 0 saturated heterocycles. The van der Waals surface area contributed by atoms with Gasteiger partial charge in [-0.15, -0.1) is 11.3 Å². The molecule has 0 spiro atoms. The fourth-order valence-corrected chi connectivity index (χ4v) is 3.75. The second-order valence-corrected chi connectivity index (χ2v) is 7.11. The monoisotopic (exact) mass is 358 g/mol. The largest absolute Gasteiger partial charge is 0.378 e. The number of thiazole rings is 1. The summed E-state index contributed by atoms with van der Waals surface area (Å²) < 4.78 is 0. The van der Waals surface area contributed by atoms with Gasteiger partial charge in [-0.1, -0.05) is 19.1 Å². The number of hydrogen-bond donors (Lipinski definition) is 0. The molecular formula is C18H19ClN4S. The molecule has 0 amide bonds. The molecule has 24 heavy (non-hydrogen) atoms. The van der Waals surface area contributed by atoms with Crippen molar-refractivity contribution in [1.29, 1.82) is 0 Å². The molecule has 0 aliphatic carbocycles. The van der Waals surface area contributed by atoms with Crippen LogP contribution in [0.15, 0.2) is 36.5 Å². The third-order valence-electron chi connectivity index (χ3n) is 3.63. The van der Waals surface area contributed by atoms with Crippen molar-refractivity contribution in [2.24, 2.45) is 0 Å². The Morgan fingerprint density at radius 3 is 2.71 bits per heavy atom. The fraction of sp³-hybridized carbons (Fsp3) is 0.278. The molecule has 124 valence electrons. The van der Waals surface area contributed by atoms with Crippen LogP contribution in [0.1, 0.15) is 18.4 Å². The highest BCUT2D eigenvalue weighted by Gasteiger charge is 2.16. The lowest BCUT2D eigenvalue weighted by molar-refractivity contribution is 0.910. The number of benzene rings is 1.